The summed E-state index contributed by atoms with van der Waals surface area (Å²) < 4.78 is 22.6. The lowest BCUT2D eigenvalue weighted by atomic mass is 10.2. The standard InChI is InChI=1S/C8H7BrClNO3S/c1-11-8(12)6-4-5(15(10,13)14)2-3-7(6)9/h2-4H,1H3,(H,11,12). The molecule has 0 saturated carbocycles. The highest BCUT2D eigenvalue weighted by Gasteiger charge is 2.15. The van der Waals surface area contributed by atoms with Crippen LogP contribution >= 0.6 is 26.6 Å². The maximum Gasteiger partial charge on any atom is 0.261 e. The fourth-order valence-corrected chi connectivity index (χ4v) is 2.17. The van der Waals surface area contributed by atoms with E-state index in [2.05, 4.69) is 21.2 Å². The molecule has 1 rings (SSSR count). The van der Waals surface area contributed by atoms with Crippen LogP contribution in [0.4, 0.5) is 0 Å². The van der Waals surface area contributed by atoms with Crippen LogP contribution < -0.4 is 5.32 Å². The van der Waals surface area contributed by atoms with Crippen molar-refractivity contribution < 1.29 is 13.2 Å². The minimum Gasteiger partial charge on any atom is -0.355 e. The molecule has 1 N–H and O–H groups in total. The second-order valence-electron chi connectivity index (χ2n) is 2.66. The quantitative estimate of drug-likeness (QED) is 0.846. The molecule has 7 heteroatoms. The Balaban J connectivity index is 3.36. The second kappa shape index (κ2) is 4.51. The maximum absolute atomic E-state index is 11.3. The first-order chi connectivity index (χ1) is 6.86. The zero-order valence-electron chi connectivity index (χ0n) is 7.62. The molecular weight excluding hydrogens is 306 g/mol. The number of carbonyl (C=O) groups excluding carboxylic acids is 1. The van der Waals surface area contributed by atoms with Gasteiger partial charge in [0.2, 0.25) is 0 Å². The molecule has 0 spiro atoms. The van der Waals surface area contributed by atoms with Crippen molar-refractivity contribution in [3.05, 3.63) is 28.2 Å². The maximum atomic E-state index is 11.3. The highest BCUT2D eigenvalue weighted by molar-refractivity contribution is 9.10. The number of nitrogens with one attached hydrogen (secondary N) is 1. The van der Waals surface area contributed by atoms with Gasteiger partial charge in [-0.1, -0.05) is 0 Å². The summed E-state index contributed by atoms with van der Waals surface area (Å²) in [5.74, 6) is -0.385. The van der Waals surface area contributed by atoms with E-state index in [-0.39, 0.29) is 16.4 Å². The summed E-state index contributed by atoms with van der Waals surface area (Å²) >= 11 is 3.14. The number of hydrogen-bond acceptors (Lipinski definition) is 3. The number of benzene rings is 1. The van der Waals surface area contributed by atoms with E-state index in [4.69, 9.17) is 10.7 Å². The van der Waals surface area contributed by atoms with E-state index < -0.39 is 9.05 Å². The third-order valence-electron chi connectivity index (χ3n) is 1.69. The number of halogens is 2. The van der Waals surface area contributed by atoms with Crippen molar-refractivity contribution in [2.24, 2.45) is 0 Å². The van der Waals surface area contributed by atoms with Crippen LogP contribution in [0, 0.1) is 0 Å². The van der Waals surface area contributed by atoms with Gasteiger partial charge >= 0.3 is 0 Å². The highest BCUT2D eigenvalue weighted by atomic mass is 79.9. The predicted molar refractivity (Wildman–Crippen MR) is 60.6 cm³/mol. The van der Waals surface area contributed by atoms with Gasteiger partial charge < -0.3 is 5.32 Å². The lowest BCUT2D eigenvalue weighted by Crippen LogP contribution is -2.18. The molecule has 15 heavy (non-hydrogen) atoms. The van der Waals surface area contributed by atoms with Crippen LogP contribution in [0.15, 0.2) is 27.6 Å². The van der Waals surface area contributed by atoms with Gasteiger partial charge in [-0.2, -0.15) is 0 Å². The van der Waals surface area contributed by atoms with Crippen molar-refractivity contribution in [2.75, 3.05) is 7.05 Å². The van der Waals surface area contributed by atoms with E-state index in [1.807, 2.05) is 0 Å². The van der Waals surface area contributed by atoms with Crippen LogP contribution in [0.3, 0.4) is 0 Å². The van der Waals surface area contributed by atoms with Gasteiger partial charge in [-0.05, 0) is 34.1 Å². The van der Waals surface area contributed by atoms with Gasteiger partial charge in [-0.25, -0.2) is 8.42 Å². The predicted octanol–water partition coefficient (Wildman–Crippen LogP) is 1.74. The van der Waals surface area contributed by atoms with Gasteiger partial charge in [0, 0.05) is 22.2 Å². The molecule has 0 heterocycles. The van der Waals surface area contributed by atoms with Crippen LogP contribution in [0.5, 0.6) is 0 Å². The molecular formula is C8H7BrClNO3S. The molecule has 0 fully saturated rings. The molecule has 1 aromatic rings. The third kappa shape index (κ3) is 2.93. The van der Waals surface area contributed by atoms with Crippen LogP contribution in [0.2, 0.25) is 0 Å². The van der Waals surface area contributed by atoms with Gasteiger partial charge in [0.15, 0.2) is 0 Å². The summed E-state index contributed by atoms with van der Waals surface area (Å²) in [6.45, 7) is 0. The van der Waals surface area contributed by atoms with Crippen molar-refractivity contribution in [3.8, 4) is 0 Å². The van der Waals surface area contributed by atoms with Crippen LogP contribution in [-0.4, -0.2) is 21.4 Å². The highest BCUT2D eigenvalue weighted by Crippen LogP contribution is 2.23. The van der Waals surface area contributed by atoms with Crippen LogP contribution in [0.1, 0.15) is 10.4 Å². The zero-order valence-corrected chi connectivity index (χ0v) is 10.8. The van der Waals surface area contributed by atoms with E-state index >= 15 is 0 Å². The van der Waals surface area contributed by atoms with E-state index in [0.29, 0.717) is 4.47 Å². The third-order valence-corrected chi connectivity index (χ3v) is 3.73. The van der Waals surface area contributed by atoms with Crippen molar-refractivity contribution in [1.82, 2.24) is 5.32 Å². The second-order valence-corrected chi connectivity index (χ2v) is 6.08. The van der Waals surface area contributed by atoms with Gasteiger partial charge in [-0.15, -0.1) is 0 Å². The van der Waals surface area contributed by atoms with E-state index in [9.17, 15) is 13.2 Å². The Morgan fingerprint density at radius 2 is 2.07 bits per heavy atom. The SMILES string of the molecule is CNC(=O)c1cc(S(=O)(=O)Cl)ccc1Br. The summed E-state index contributed by atoms with van der Waals surface area (Å²) in [6.07, 6.45) is 0. The molecule has 1 amide bonds. The first-order valence-corrected chi connectivity index (χ1v) is 6.93. The smallest absolute Gasteiger partial charge is 0.261 e. The number of amides is 1. The Kier molecular flexibility index (Phi) is 3.75. The van der Waals surface area contributed by atoms with Crippen molar-refractivity contribution >= 4 is 41.6 Å². The van der Waals surface area contributed by atoms with Gasteiger partial charge in [0.05, 0.1) is 10.5 Å². The van der Waals surface area contributed by atoms with Gasteiger partial charge in [0.1, 0.15) is 0 Å². The minimum atomic E-state index is -3.81. The Labute approximate surface area is 100 Å². The van der Waals surface area contributed by atoms with E-state index in [1.54, 1.807) is 0 Å². The molecule has 1 aromatic carbocycles. The normalized spacial score (nSPS) is 11.1. The van der Waals surface area contributed by atoms with Crippen LogP contribution in [0.25, 0.3) is 0 Å². The fourth-order valence-electron chi connectivity index (χ4n) is 0.965. The number of hydrogen-bond donors (Lipinski definition) is 1. The molecule has 0 bridgehead atoms. The molecule has 4 nitrogen and oxygen atoms in total. The molecule has 0 radical (unpaired) electrons. The summed E-state index contributed by atoms with van der Waals surface area (Å²) in [4.78, 5) is 11.2. The van der Waals surface area contributed by atoms with Gasteiger partial charge in [0.25, 0.3) is 15.0 Å². The average Bonchev–Trinajstić information content (AvgIpc) is 2.15. The zero-order chi connectivity index (χ0) is 11.6. The first kappa shape index (κ1) is 12.5. The molecule has 0 aliphatic carbocycles. The average molecular weight is 313 g/mol. The van der Waals surface area contributed by atoms with Crippen molar-refractivity contribution in [3.63, 3.8) is 0 Å². The molecule has 82 valence electrons. The van der Waals surface area contributed by atoms with Crippen molar-refractivity contribution in [2.45, 2.75) is 4.90 Å². The summed E-state index contributed by atoms with van der Waals surface area (Å²) in [7, 11) is 2.80. The summed E-state index contributed by atoms with van der Waals surface area (Å²) in [5.41, 5.74) is 0.222. The summed E-state index contributed by atoms with van der Waals surface area (Å²) in [6, 6.07) is 3.99. The van der Waals surface area contributed by atoms with E-state index in [0.717, 1.165) is 0 Å². The monoisotopic (exact) mass is 311 g/mol. The Morgan fingerprint density at radius 3 is 2.53 bits per heavy atom. The molecule has 0 aromatic heterocycles. The van der Waals surface area contributed by atoms with Gasteiger partial charge in [-0.3, -0.25) is 4.79 Å². The van der Waals surface area contributed by atoms with Crippen molar-refractivity contribution in [1.29, 1.82) is 0 Å². The Hall–Kier alpha value is -0.590. The topological polar surface area (TPSA) is 63.2 Å². The molecule has 0 atom stereocenters. The summed E-state index contributed by atoms with van der Waals surface area (Å²) in [5, 5.41) is 2.39. The lowest BCUT2D eigenvalue weighted by molar-refractivity contribution is 0.0962. The fraction of sp³-hybridized carbons (Fsp3) is 0.125. The molecule has 0 unspecified atom stereocenters. The first-order valence-electron chi connectivity index (χ1n) is 3.82. The number of rotatable bonds is 2. The number of carbonyl (C=O) groups is 1. The Bertz CT molecular complexity index is 501. The lowest BCUT2D eigenvalue weighted by Gasteiger charge is -2.04. The minimum absolute atomic E-state index is 0.106. The van der Waals surface area contributed by atoms with Crippen LogP contribution in [-0.2, 0) is 9.05 Å². The largest absolute Gasteiger partial charge is 0.355 e. The molecule has 0 saturated heterocycles. The Morgan fingerprint density at radius 1 is 1.47 bits per heavy atom. The molecule has 0 aliphatic heterocycles. The molecule has 0 aliphatic rings. The van der Waals surface area contributed by atoms with E-state index in [1.165, 1.54) is 25.2 Å².